The SMILES string of the molecule is CCc1cc(OC)c(OC)cc1-c1cnn(C)c1N. The summed E-state index contributed by atoms with van der Waals surface area (Å²) in [6.45, 7) is 2.09. The summed E-state index contributed by atoms with van der Waals surface area (Å²) in [4.78, 5) is 0. The number of benzene rings is 1. The van der Waals surface area contributed by atoms with Crippen LogP contribution in [0.1, 0.15) is 12.5 Å². The minimum absolute atomic E-state index is 0.641. The molecule has 0 amide bonds. The molecule has 5 nitrogen and oxygen atoms in total. The maximum absolute atomic E-state index is 6.05. The van der Waals surface area contributed by atoms with Crippen LogP contribution in [-0.4, -0.2) is 24.0 Å². The third kappa shape index (κ3) is 2.23. The van der Waals surface area contributed by atoms with E-state index < -0.39 is 0 Å². The lowest BCUT2D eigenvalue weighted by atomic mass is 9.99. The van der Waals surface area contributed by atoms with Crippen LogP contribution in [0.2, 0.25) is 0 Å². The number of ether oxygens (including phenoxy) is 2. The van der Waals surface area contributed by atoms with E-state index in [0.29, 0.717) is 11.6 Å². The van der Waals surface area contributed by atoms with Crippen molar-refractivity contribution in [1.82, 2.24) is 9.78 Å². The van der Waals surface area contributed by atoms with E-state index in [4.69, 9.17) is 15.2 Å². The number of hydrogen-bond acceptors (Lipinski definition) is 4. The highest BCUT2D eigenvalue weighted by Gasteiger charge is 2.15. The van der Waals surface area contributed by atoms with Crippen LogP contribution < -0.4 is 15.2 Å². The molecule has 0 saturated carbocycles. The summed E-state index contributed by atoms with van der Waals surface area (Å²) < 4.78 is 12.3. The summed E-state index contributed by atoms with van der Waals surface area (Å²) in [5.41, 5.74) is 9.15. The van der Waals surface area contributed by atoms with Gasteiger partial charge in [-0.05, 0) is 29.7 Å². The standard InChI is InChI=1S/C14H19N3O2/c1-5-9-6-12(18-3)13(19-4)7-10(9)11-8-16-17(2)14(11)15/h6-8H,5,15H2,1-4H3. The predicted molar refractivity (Wildman–Crippen MR) is 75.5 cm³/mol. The molecule has 102 valence electrons. The number of rotatable bonds is 4. The average Bonchev–Trinajstić information content (AvgIpc) is 2.77. The molecule has 0 spiro atoms. The van der Waals surface area contributed by atoms with Gasteiger partial charge >= 0.3 is 0 Å². The fourth-order valence-corrected chi connectivity index (χ4v) is 2.12. The van der Waals surface area contributed by atoms with E-state index in [1.165, 1.54) is 0 Å². The van der Waals surface area contributed by atoms with Crippen molar-refractivity contribution in [3.8, 4) is 22.6 Å². The van der Waals surface area contributed by atoms with Crippen LogP contribution in [0.15, 0.2) is 18.3 Å². The summed E-state index contributed by atoms with van der Waals surface area (Å²) in [7, 11) is 5.08. The molecule has 0 unspecified atom stereocenters. The Balaban J connectivity index is 2.65. The summed E-state index contributed by atoms with van der Waals surface area (Å²) in [6.07, 6.45) is 2.65. The highest BCUT2D eigenvalue weighted by Crippen LogP contribution is 2.37. The molecule has 2 rings (SSSR count). The minimum Gasteiger partial charge on any atom is -0.493 e. The monoisotopic (exact) mass is 261 g/mol. The van der Waals surface area contributed by atoms with Crippen molar-refractivity contribution in [3.63, 3.8) is 0 Å². The zero-order chi connectivity index (χ0) is 14.0. The molecule has 5 heteroatoms. The number of nitrogen functional groups attached to an aromatic ring is 1. The van der Waals surface area contributed by atoms with Gasteiger partial charge in [0.25, 0.3) is 0 Å². The van der Waals surface area contributed by atoms with E-state index in [1.54, 1.807) is 25.1 Å². The fourth-order valence-electron chi connectivity index (χ4n) is 2.12. The van der Waals surface area contributed by atoms with Gasteiger partial charge in [0.15, 0.2) is 11.5 Å². The van der Waals surface area contributed by atoms with Crippen LogP contribution in [-0.2, 0) is 13.5 Å². The molecule has 0 saturated heterocycles. The normalized spacial score (nSPS) is 10.5. The molecule has 0 aliphatic rings. The summed E-state index contributed by atoms with van der Waals surface area (Å²) >= 11 is 0. The molecule has 0 aliphatic heterocycles. The van der Waals surface area contributed by atoms with Gasteiger partial charge in [-0.2, -0.15) is 5.10 Å². The molecule has 0 aliphatic carbocycles. The van der Waals surface area contributed by atoms with E-state index in [9.17, 15) is 0 Å². The molecule has 0 radical (unpaired) electrons. The second kappa shape index (κ2) is 5.22. The lowest BCUT2D eigenvalue weighted by molar-refractivity contribution is 0.355. The van der Waals surface area contributed by atoms with Crippen LogP contribution in [0.25, 0.3) is 11.1 Å². The Morgan fingerprint density at radius 1 is 1.16 bits per heavy atom. The van der Waals surface area contributed by atoms with Crippen molar-refractivity contribution in [2.24, 2.45) is 7.05 Å². The third-order valence-electron chi connectivity index (χ3n) is 3.27. The molecule has 1 aromatic heterocycles. The minimum atomic E-state index is 0.641. The molecule has 1 heterocycles. The van der Waals surface area contributed by atoms with Crippen LogP contribution in [0.5, 0.6) is 11.5 Å². The van der Waals surface area contributed by atoms with Crippen LogP contribution >= 0.6 is 0 Å². The number of aromatic nitrogens is 2. The zero-order valence-corrected chi connectivity index (χ0v) is 11.7. The van der Waals surface area contributed by atoms with Gasteiger partial charge in [-0.1, -0.05) is 6.92 Å². The zero-order valence-electron chi connectivity index (χ0n) is 11.7. The van der Waals surface area contributed by atoms with E-state index in [-0.39, 0.29) is 0 Å². The molecule has 2 aromatic rings. The average molecular weight is 261 g/mol. The summed E-state index contributed by atoms with van der Waals surface area (Å²) in [5.74, 6) is 2.06. The number of nitrogens with zero attached hydrogens (tertiary/aromatic N) is 2. The second-order valence-electron chi connectivity index (χ2n) is 4.28. The Labute approximate surface area is 112 Å². The number of nitrogens with two attached hydrogens (primary N) is 1. The number of hydrogen-bond donors (Lipinski definition) is 1. The van der Waals surface area contributed by atoms with Gasteiger partial charge in [0.2, 0.25) is 0 Å². The smallest absolute Gasteiger partial charge is 0.161 e. The highest BCUT2D eigenvalue weighted by molar-refractivity contribution is 5.78. The van der Waals surface area contributed by atoms with Gasteiger partial charge in [-0.3, -0.25) is 4.68 Å². The van der Waals surface area contributed by atoms with Crippen molar-refractivity contribution >= 4 is 5.82 Å². The molecule has 2 N–H and O–H groups in total. The Hall–Kier alpha value is -2.17. The first-order chi connectivity index (χ1) is 9.12. The van der Waals surface area contributed by atoms with Gasteiger partial charge in [0, 0.05) is 12.6 Å². The van der Waals surface area contributed by atoms with Crippen LogP contribution in [0.3, 0.4) is 0 Å². The molecule has 1 aromatic carbocycles. The lowest BCUT2D eigenvalue weighted by Crippen LogP contribution is -2.00. The Kier molecular flexibility index (Phi) is 3.64. The molecular formula is C14H19N3O2. The maximum Gasteiger partial charge on any atom is 0.161 e. The number of methoxy groups -OCH3 is 2. The first kappa shape index (κ1) is 13.3. The van der Waals surface area contributed by atoms with Gasteiger partial charge < -0.3 is 15.2 Å². The first-order valence-electron chi connectivity index (χ1n) is 6.15. The third-order valence-corrected chi connectivity index (χ3v) is 3.27. The second-order valence-corrected chi connectivity index (χ2v) is 4.28. The molecule has 0 fully saturated rings. The highest BCUT2D eigenvalue weighted by atomic mass is 16.5. The molecule has 19 heavy (non-hydrogen) atoms. The molecular weight excluding hydrogens is 242 g/mol. The van der Waals surface area contributed by atoms with Crippen molar-refractivity contribution < 1.29 is 9.47 Å². The summed E-state index contributed by atoms with van der Waals surface area (Å²) in [6, 6.07) is 3.94. The molecule has 0 bridgehead atoms. The number of aryl methyl sites for hydroxylation is 2. The van der Waals surface area contributed by atoms with E-state index >= 15 is 0 Å². The van der Waals surface area contributed by atoms with E-state index in [0.717, 1.165) is 28.9 Å². The van der Waals surface area contributed by atoms with Gasteiger partial charge in [0.05, 0.1) is 20.4 Å². The van der Waals surface area contributed by atoms with Crippen molar-refractivity contribution in [1.29, 1.82) is 0 Å². The van der Waals surface area contributed by atoms with Gasteiger partial charge in [-0.25, -0.2) is 0 Å². The quantitative estimate of drug-likeness (QED) is 0.917. The largest absolute Gasteiger partial charge is 0.493 e. The Morgan fingerprint density at radius 3 is 2.26 bits per heavy atom. The van der Waals surface area contributed by atoms with Gasteiger partial charge in [-0.15, -0.1) is 0 Å². The van der Waals surface area contributed by atoms with Gasteiger partial charge in [0.1, 0.15) is 5.82 Å². The Bertz CT molecular complexity index is 591. The first-order valence-corrected chi connectivity index (χ1v) is 6.15. The van der Waals surface area contributed by atoms with Crippen molar-refractivity contribution in [2.75, 3.05) is 20.0 Å². The summed E-state index contributed by atoms with van der Waals surface area (Å²) in [5, 5.41) is 4.19. The van der Waals surface area contributed by atoms with Crippen molar-refractivity contribution in [3.05, 3.63) is 23.9 Å². The number of anilines is 1. The van der Waals surface area contributed by atoms with E-state index in [1.807, 2.05) is 19.2 Å². The lowest BCUT2D eigenvalue weighted by Gasteiger charge is -2.13. The topological polar surface area (TPSA) is 62.3 Å². The Morgan fingerprint density at radius 2 is 1.79 bits per heavy atom. The van der Waals surface area contributed by atoms with Crippen molar-refractivity contribution in [2.45, 2.75) is 13.3 Å². The van der Waals surface area contributed by atoms with Crippen LogP contribution in [0.4, 0.5) is 5.82 Å². The predicted octanol–water partition coefficient (Wildman–Crippen LogP) is 2.25. The maximum atomic E-state index is 6.05. The van der Waals surface area contributed by atoms with Crippen LogP contribution in [0, 0.1) is 0 Å². The fraction of sp³-hybridized carbons (Fsp3) is 0.357. The molecule has 0 atom stereocenters. The van der Waals surface area contributed by atoms with E-state index in [2.05, 4.69) is 12.0 Å².